The Hall–Kier alpha value is -2.43. The van der Waals surface area contributed by atoms with Crippen molar-refractivity contribution >= 4 is 11.9 Å². The topological polar surface area (TPSA) is 49.3 Å². The van der Waals surface area contributed by atoms with Crippen LogP contribution in [0.3, 0.4) is 0 Å². The van der Waals surface area contributed by atoms with Crippen molar-refractivity contribution < 1.29 is 4.79 Å². The Morgan fingerprint density at radius 1 is 1.19 bits per heavy atom. The minimum Gasteiger partial charge on any atom is -0.344 e. The molecule has 1 amide bonds. The quantitative estimate of drug-likeness (QED) is 0.748. The Kier molecular flexibility index (Phi) is 6.80. The summed E-state index contributed by atoms with van der Waals surface area (Å²) in [5.74, 6) is 1.31. The van der Waals surface area contributed by atoms with Crippen LogP contribution in [0.2, 0.25) is 0 Å². The largest absolute Gasteiger partial charge is 0.344 e. The first-order valence-electron chi connectivity index (χ1n) is 10.0. The van der Waals surface area contributed by atoms with Gasteiger partial charge in [0.2, 0.25) is 5.95 Å². The molecule has 1 aliphatic heterocycles. The van der Waals surface area contributed by atoms with E-state index >= 15 is 0 Å². The van der Waals surface area contributed by atoms with E-state index < -0.39 is 0 Å². The summed E-state index contributed by atoms with van der Waals surface area (Å²) in [6.07, 6.45) is 7.11. The van der Waals surface area contributed by atoms with Gasteiger partial charge < -0.3 is 9.80 Å². The summed E-state index contributed by atoms with van der Waals surface area (Å²) < 4.78 is 0. The number of rotatable bonds is 7. The summed E-state index contributed by atoms with van der Waals surface area (Å²) in [5.41, 5.74) is 1.89. The lowest BCUT2D eigenvalue weighted by atomic mass is 9.90. The Morgan fingerprint density at radius 3 is 2.63 bits per heavy atom. The molecule has 144 valence electrons. The van der Waals surface area contributed by atoms with Crippen LogP contribution < -0.4 is 4.90 Å². The smallest absolute Gasteiger partial charge is 0.272 e. The Morgan fingerprint density at radius 2 is 1.93 bits per heavy atom. The van der Waals surface area contributed by atoms with Crippen molar-refractivity contribution in [1.29, 1.82) is 0 Å². The van der Waals surface area contributed by atoms with Crippen molar-refractivity contribution in [2.24, 2.45) is 5.92 Å². The van der Waals surface area contributed by atoms with Crippen LogP contribution in [0.4, 0.5) is 5.95 Å². The van der Waals surface area contributed by atoms with Crippen molar-refractivity contribution in [2.45, 2.75) is 39.0 Å². The summed E-state index contributed by atoms with van der Waals surface area (Å²) in [6, 6.07) is 12.4. The number of amides is 1. The molecule has 3 rings (SSSR count). The second-order valence-electron chi connectivity index (χ2n) is 7.44. The molecule has 1 aromatic heterocycles. The van der Waals surface area contributed by atoms with Gasteiger partial charge in [0.25, 0.3) is 5.91 Å². The summed E-state index contributed by atoms with van der Waals surface area (Å²) in [4.78, 5) is 25.7. The Labute approximate surface area is 162 Å². The fourth-order valence-corrected chi connectivity index (χ4v) is 3.60. The molecule has 1 aromatic carbocycles. The maximum Gasteiger partial charge on any atom is 0.272 e. The van der Waals surface area contributed by atoms with E-state index in [1.807, 2.05) is 16.8 Å². The number of carbonyl (C=O) groups excluding carboxylic acids is 1. The van der Waals surface area contributed by atoms with Crippen molar-refractivity contribution in [3.05, 3.63) is 53.9 Å². The van der Waals surface area contributed by atoms with Gasteiger partial charge in [0.15, 0.2) is 0 Å². The molecule has 2 aromatic rings. The summed E-state index contributed by atoms with van der Waals surface area (Å²) >= 11 is 0. The van der Waals surface area contributed by atoms with Gasteiger partial charge in [0.1, 0.15) is 5.69 Å². The first kappa shape index (κ1) is 19.3. The van der Waals surface area contributed by atoms with E-state index in [2.05, 4.69) is 47.2 Å². The molecule has 0 aliphatic carbocycles. The third-order valence-corrected chi connectivity index (χ3v) is 5.32. The molecule has 2 heterocycles. The highest BCUT2D eigenvalue weighted by atomic mass is 16.2. The van der Waals surface area contributed by atoms with Gasteiger partial charge in [-0.1, -0.05) is 43.7 Å². The van der Waals surface area contributed by atoms with Crippen molar-refractivity contribution in [3.63, 3.8) is 0 Å². The average molecular weight is 367 g/mol. The van der Waals surface area contributed by atoms with Crippen LogP contribution in [0.15, 0.2) is 42.6 Å². The third kappa shape index (κ3) is 5.28. The summed E-state index contributed by atoms with van der Waals surface area (Å²) in [5, 5.41) is 0. The van der Waals surface area contributed by atoms with E-state index in [1.54, 1.807) is 12.3 Å². The monoisotopic (exact) mass is 366 g/mol. The number of hydrogen-bond acceptors (Lipinski definition) is 4. The van der Waals surface area contributed by atoms with Gasteiger partial charge in [-0.15, -0.1) is 0 Å². The Balaban J connectivity index is 1.56. The number of hydrogen-bond donors (Lipinski definition) is 0. The molecule has 0 bridgehead atoms. The SMILES string of the molecule is CCCCN(C)c1nccc(C(=O)N2CCC(Cc3ccccc3)CC2)n1. The molecule has 1 aliphatic rings. The van der Waals surface area contributed by atoms with Gasteiger partial charge in [-0.2, -0.15) is 0 Å². The van der Waals surface area contributed by atoms with Gasteiger partial charge in [-0.3, -0.25) is 4.79 Å². The minimum atomic E-state index is 0.0284. The molecular formula is C22H30N4O. The molecular weight excluding hydrogens is 336 g/mol. The number of carbonyl (C=O) groups is 1. The molecule has 5 nitrogen and oxygen atoms in total. The van der Waals surface area contributed by atoms with Crippen LogP contribution in [0.1, 0.15) is 48.7 Å². The highest BCUT2D eigenvalue weighted by molar-refractivity contribution is 5.92. The molecule has 0 unspecified atom stereocenters. The molecule has 0 N–H and O–H groups in total. The number of benzene rings is 1. The summed E-state index contributed by atoms with van der Waals surface area (Å²) in [7, 11) is 1.98. The number of nitrogens with zero attached hydrogens (tertiary/aromatic N) is 4. The van der Waals surface area contributed by atoms with E-state index in [4.69, 9.17) is 0 Å². The zero-order chi connectivity index (χ0) is 19.1. The van der Waals surface area contributed by atoms with E-state index in [-0.39, 0.29) is 5.91 Å². The number of piperidine rings is 1. The van der Waals surface area contributed by atoms with Crippen molar-refractivity contribution in [3.8, 4) is 0 Å². The lowest BCUT2D eigenvalue weighted by Crippen LogP contribution is -2.39. The van der Waals surface area contributed by atoms with E-state index in [9.17, 15) is 4.79 Å². The van der Waals surface area contributed by atoms with Gasteiger partial charge in [-0.05, 0) is 43.2 Å². The van der Waals surface area contributed by atoms with Gasteiger partial charge in [0, 0.05) is 32.9 Å². The molecule has 1 fully saturated rings. The minimum absolute atomic E-state index is 0.0284. The maximum atomic E-state index is 12.9. The number of unbranched alkanes of at least 4 members (excludes halogenated alkanes) is 1. The fraction of sp³-hybridized carbons (Fsp3) is 0.500. The summed E-state index contributed by atoms with van der Waals surface area (Å²) in [6.45, 7) is 4.68. The molecule has 0 radical (unpaired) electrons. The zero-order valence-electron chi connectivity index (χ0n) is 16.5. The van der Waals surface area contributed by atoms with Gasteiger partial charge >= 0.3 is 0 Å². The maximum absolute atomic E-state index is 12.9. The van der Waals surface area contributed by atoms with E-state index in [0.29, 0.717) is 17.6 Å². The molecule has 1 saturated heterocycles. The predicted octanol–water partition coefficient (Wildman–Crippen LogP) is 3.81. The lowest BCUT2D eigenvalue weighted by molar-refractivity contribution is 0.0684. The van der Waals surface area contributed by atoms with Gasteiger partial charge in [0.05, 0.1) is 0 Å². The lowest BCUT2D eigenvalue weighted by Gasteiger charge is -2.32. The van der Waals surface area contributed by atoms with Crippen LogP contribution >= 0.6 is 0 Å². The second kappa shape index (κ2) is 9.49. The Bertz CT molecular complexity index is 726. The van der Waals surface area contributed by atoms with E-state index in [0.717, 1.165) is 51.7 Å². The molecule has 0 saturated carbocycles. The van der Waals surface area contributed by atoms with Crippen LogP contribution in [0, 0.1) is 5.92 Å². The number of anilines is 1. The second-order valence-corrected chi connectivity index (χ2v) is 7.44. The van der Waals surface area contributed by atoms with Gasteiger partial charge in [-0.25, -0.2) is 9.97 Å². The van der Waals surface area contributed by atoms with Crippen LogP contribution in [0.5, 0.6) is 0 Å². The van der Waals surface area contributed by atoms with Crippen LogP contribution in [-0.4, -0.2) is 47.5 Å². The molecule has 27 heavy (non-hydrogen) atoms. The number of aromatic nitrogens is 2. The highest BCUT2D eigenvalue weighted by Crippen LogP contribution is 2.22. The van der Waals surface area contributed by atoms with Crippen molar-refractivity contribution in [2.75, 3.05) is 31.6 Å². The average Bonchev–Trinajstić information content (AvgIpc) is 2.73. The highest BCUT2D eigenvalue weighted by Gasteiger charge is 2.25. The third-order valence-electron chi connectivity index (χ3n) is 5.32. The van der Waals surface area contributed by atoms with E-state index in [1.165, 1.54) is 5.56 Å². The first-order chi connectivity index (χ1) is 13.2. The zero-order valence-corrected chi connectivity index (χ0v) is 16.5. The number of likely N-dealkylation sites (tertiary alicyclic amines) is 1. The first-order valence-corrected chi connectivity index (χ1v) is 10.0. The fourth-order valence-electron chi connectivity index (χ4n) is 3.60. The van der Waals surface area contributed by atoms with Crippen LogP contribution in [0.25, 0.3) is 0 Å². The standard InChI is InChI=1S/C22H30N4O/c1-3-4-14-25(2)22-23-13-10-20(24-22)21(27)26-15-11-19(12-16-26)17-18-8-6-5-7-9-18/h5-10,13,19H,3-4,11-12,14-17H2,1-2H3. The molecule has 0 spiro atoms. The normalized spacial score (nSPS) is 15.0. The molecule has 5 heteroatoms. The molecule has 0 atom stereocenters. The predicted molar refractivity (Wildman–Crippen MR) is 109 cm³/mol. The van der Waals surface area contributed by atoms with Crippen molar-refractivity contribution in [1.82, 2.24) is 14.9 Å². The van der Waals surface area contributed by atoms with Crippen LogP contribution in [-0.2, 0) is 6.42 Å².